The molecule has 5 nitrogen and oxygen atoms in total. The summed E-state index contributed by atoms with van der Waals surface area (Å²) in [7, 11) is 1.61. The molecule has 1 aromatic carbocycles. The van der Waals surface area contributed by atoms with Crippen molar-refractivity contribution in [2.45, 2.75) is 25.8 Å². The number of ether oxygens (including phenoxy) is 2. The molecule has 0 unspecified atom stereocenters. The monoisotopic (exact) mass is 278 g/mol. The number of nitrogens with one attached hydrogen (secondary N) is 2. The number of hydrogen-bond acceptors (Lipinski definition) is 3. The van der Waals surface area contributed by atoms with E-state index in [0.29, 0.717) is 13.2 Å². The molecule has 5 heteroatoms. The molecule has 0 saturated heterocycles. The van der Waals surface area contributed by atoms with Crippen LogP contribution in [0.1, 0.15) is 18.1 Å². The lowest BCUT2D eigenvalue weighted by atomic mass is 10.0. The van der Waals surface area contributed by atoms with Crippen LogP contribution in [-0.2, 0) is 17.6 Å². The largest absolute Gasteiger partial charge is 0.493 e. The Hall–Kier alpha value is -1.75. The van der Waals surface area contributed by atoms with Crippen LogP contribution >= 0.6 is 0 Å². The van der Waals surface area contributed by atoms with Gasteiger partial charge in [0.25, 0.3) is 0 Å². The topological polar surface area (TPSA) is 59.6 Å². The summed E-state index contributed by atoms with van der Waals surface area (Å²) in [6.07, 6.45) is 1.79. The molecular weight excluding hydrogens is 256 g/mol. The summed E-state index contributed by atoms with van der Waals surface area (Å²) in [5.41, 5.74) is 2.48. The number of urea groups is 1. The normalized spacial score (nSPS) is 14.3. The fourth-order valence-electron chi connectivity index (χ4n) is 2.31. The molecule has 2 amide bonds. The first-order valence-electron chi connectivity index (χ1n) is 6.97. The molecule has 0 bridgehead atoms. The summed E-state index contributed by atoms with van der Waals surface area (Å²) in [6, 6.07) is 6.18. The van der Waals surface area contributed by atoms with Crippen LogP contribution in [0.15, 0.2) is 18.2 Å². The molecule has 0 spiro atoms. The Kier molecular flexibility index (Phi) is 5.24. The number of carbonyl (C=O) groups excluding carboxylic acids is 1. The first-order valence-corrected chi connectivity index (χ1v) is 6.97. The Morgan fingerprint density at radius 2 is 2.35 bits per heavy atom. The van der Waals surface area contributed by atoms with Crippen LogP contribution in [0.5, 0.6) is 5.75 Å². The molecule has 2 rings (SSSR count). The van der Waals surface area contributed by atoms with Gasteiger partial charge < -0.3 is 20.1 Å². The van der Waals surface area contributed by atoms with E-state index < -0.39 is 0 Å². The molecule has 0 fully saturated rings. The van der Waals surface area contributed by atoms with Gasteiger partial charge in [-0.3, -0.25) is 0 Å². The van der Waals surface area contributed by atoms with Crippen molar-refractivity contribution in [1.82, 2.24) is 10.6 Å². The van der Waals surface area contributed by atoms with Crippen molar-refractivity contribution < 1.29 is 14.3 Å². The van der Waals surface area contributed by atoms with Gasteiger partial charge in [-0.15, -0.1) is 0 Å². The zero-order valence-corrected chi connectivity index (χ0v) is 12.1. The third-order valence-electron chi connectivity index (χ3n) is 3.26. The summed E-state index contributed by atoms with van der Waals surface area (Å²) in [5, 5.41) is 5.67. The number of benzene rings is 1. The number of fused-ring (bicyclic) bond motifs is 1. The number of amides is 2. The lowest BCUT2D eigenvalue weighted by Crippen LogP contribution is -2.42. The second-order valence-electron chi connectivity index (χ2n) is 5.04. The quantitative estimate of drug-likeness (QED) is 0.775. The third kappa shape index (κ3) is 4.13. The first kappa shape index (κ1) is 14.7. The van der Waals surface area contributed by atoms with E-state index in [0.717, 1.165) is 25.2 Å². The second kappa shape index (κ2) is 7.14. The van der Waals surface area contributed by atoms with E-state index in [1.165, 1.54) is 11.1 Å². The summed E-state index contributed by atoms with van der Waals surface area (Å²) in [6.45, 7) is 3.81. The molecule has 1 aliphatic rings. The van der Waals surface area contributed by atoms with Crippen molar-refractivity contribution in [3.05, 3.63) is 29.3 Å². The highest BCUT2D eigenvalue weighted by atomic mass is 16.5. The summed E-state index contributed by atoms with van der Waals surface area (Å²) >= 11 is 0. The van der Waals surface area contributed by atoms with Crippen LogP contribution < -0.4 is 15.4 Å². The van der Waals surface area contributed by atoms with E-state index in [2.05, 4.69) is 22.8 Å². The fraction of sp³-hybridized carbons (Fsp3) is 0.533. The van der Waals surface area contributed by atoms with Gasteiger partial charge in [-0.05, 0) is 30.5 Å². The van der Waals surface area contributed by atoms with Gasteiger partial charge in [0.15, 0.2) is 0 Å². The lowest BCUT2D eigenvalue weighted by Gasteiger charge is -2.15. The van der Waals surface area contributed by atoms with Gasteiger partial charge in [-0.2, -0.15) is 0 Å². The molecule has 0 radical (unpaired) electrons. The van der Waals surface area contributed by atoms with Gasteiger partial charge in [0.05, 0.1) is 13.2 Å². The molecule has 0 saturated carbocycles. The van der Waals surface area contributed by atoms with Crippen LogP contribution in [0.25, 0.3) is 0 Å². The van der Waals surface area contributed by atoms with Crippen LogP contribution in [0.3, 0.4) is 0 Å². The maximum absolute atomic E-state index is 11.6. The Labute approximate surface area is 119 Å². The third-order valence-corrected chi connectivity index (χ3v) is 3.26. The molecule has 110 valence electrons. The van der Waals surface area contributed by atoms with E-state index in [4.69, 9.17) is 9.47 Å². The summed E-state index contributed by atoms with van der Waals surface area (Å²) in [5.74, 6) is 0.992. The van der Waals surface area contributed by atoms with Crippen molar-refractivity contribution in [3.8, 4) is 5.75 Å². The molecule has 0 aliphatic carbocycles. The number of rotatable bonds is 6. The van der Waals surface area contributed by atoms with E-state index >= 15 is 0 Å². The van der Waals surface area contributed by atoms with E-state index in [-0.39, 0.29) is 12.1 Å². The molecule has 1 atom stereocenters. The maximum atomic E-state index is 11.6. The van der Waals surface area contributed by atoms with Crippen molar-refractivity contribution in [3.63, 3.8) is 0 Å². The molecule has 1 aliphatic heterocycles. The molecule has 2 N–H and O–H groups in total. The van der Waals surface area contributed by atoms with Gasteiger partial charge in [0.2, 0.25) is 0 Å². The van der Waals surface area contributed by atoms with Crippen molar-refractivity contribution in [2.75, 3.05) is 26.9 Å². The standard InChI is InChI=1S/C15H22N2O3/c1-11(17-15(18)16-6-8-19-2)9-12-3-4-14-13(10-12)5-7-20-14/h3-4,10-11H,5-9H2,1-2H3,(H2,16,17,18)/t11-/m1/s1. The highest BCUT2D eigenvalue weighted by Crippen LogP contribution is 2.26. The van der Waals surface area contributed by atoms with Gasteiger partial charge >= 0.3 is 6.03 Å². The molecule has 1 heterocycles. The minimum atomic E-state index is -0.154. The number of carbonyl (C=O) groups is 1. The summed E-state index contributed by atoms with van der Waals surface area (Å²) in [4.78, 5) is 11.6. The number of hydrogen-bond donors (Lipinski definition) is 2. The van der Waals surface area contributed by atoms with Gasteiger partial charge in [-0.25, -0.2) is 4.79 Å². The van der Waals surface area contributed by atoms with Gasteiger partial charge in [-0.1, -0.05) is 12.1 Å². The maximum Gasteiger partial charge on any atom is 0.315 e. The van der Waals surface area contributed by atoms with Crippen LogP contribution in [0, 0.1) is 0 Å². The first-order chi connectivity index (χ1) is 9.69. The van der Waals surface area contributed by atoms with E-state index in [1.807, 2.05) is 13.0 Å². The Bertz CT molecular complexity index is 462. The lowest BCUT2D eigenvalue weighted by molar-refractivity contribution is 0.195. The van der Waals surface area contributed by atoms with Crippen molar-refractivity contribution in [1.29, 1.82) is 0 Å². The van der Waals surface area contributed by atoms with E-state index in [1.54, 1.807) is 7.11 Å². The predicted octanol–water partition coefficient (Wildman–Crippen LogP) is 1.50. The zero-order chi connectivity index (χ0) is 14.4. The second-order valence-corrected chi connectivity index (χ2v) is 5.04. The average Bonchev–Trinajstić information content (AvgIpc) is 2.86. The minimum Gasteiger partial charge on any atom is -0.493 e. The van der Waals surface area contributed by atoms with Gasteiger partial charge in [0, 0.05) is 26.1 Å². The molecular formula is C15H22N2O3. The predicted molar refractivity (Wildman–Crippen MR) is 77.2 cm³/mol. The Morgan fingerprint density at radius 1 is 1.50 bits per heavy atom. The fourth-order valence-corrected chi connectivity index (χ4v) is 2.31. The average molecular weight is 278 g/mol. The van der Waals surface area contributed by atoms with Crippen molar-refractivity contribution in [2.24, 2.45) is 0 Å². The van der Waals surface area contributed by atoms with Crippen LogP contribution in [0.4, 0.5) is 4.79 Å². The molecule has 20 heavy (non-hydrogen) atoms. The summed E-state index contributed by atoms with van der Waals surface area (Å²) < 4.78 is 10.4. The van der Waals surface area contributed by atoms with Gasteiger partial charge in [0.1, 0.15) is 5.75 Å². The van der Waals surface area contributed by atoms with Crippen molar-refractivity contribution >= 4 is 6.03 Å². The molecule has 0 aromatic heterocycles. The smallest absolute Gasteiger partial charge is 0.315 e. The van der Waals surface area contributed by atoms with E-state index in [9.17, 15) is 4.79 Å². The SMILES string of the molecule is COCCNC(=O)N[C@H](C)Cc1ccc2c(c1)CCO2. The zero-order valence-electron chi connectivity index (χ0n) is 12.1. The highest BCUT2D eigenvalue weighted by Gasteiger charge is 2.13. The number of methoxy groups -OCH3 is 1. The Morgan fingerprint density at radius 3 is 3.15 bits per heavy atom. The van der Waals surface area contributed by atoms with Crippen LogP contribution in [0.2, 0.25) is 0 Å². The van der Waals surface area contributed by atoms with Crippen LogP contribution in [-0.4, -0.2) is 38.9 Å². The molecule has 1 aromatic rings. The highest BCUT2D eigenvalue weighted by molar-refractivity contribution is 5.74. The minimum absolute atomic E-state index is 0.0814. The Balaban J connectivity index is 1.79.